The molecule has 3 heterocycles. The van der Waals surface area contributed by atoms with Crippen molar-refractivity contribution in [2.45, 2.75) is 215 Å². The van der Waals surface area contributed by atoms with Gasteiger partial charge in [0.2, 0.25) is 17.3 Å². The smallest absolute Gasteiger partial charge is 0.341 e. The number of unbranched alkanes of at least 4 members (excludes halogenated alkanes) is 2. The molecule has 3 fully saturated rings. The fourth-order valence-corrected chi connectivity index (χ4v) is 15.7. The fourth-order valence-electron chi connectivity index (χ4n) is 15.7. The predicted octanol–water partition coefficient (Wildman–Crippen LogP) is 21.7. The van der Waals surface area contributed by atoms with E-state index in [4.69, 9.17) is 14.5 Å². The Morgan fingerprint density at radius 2 is 0.686 bits per heavy atom. The minimum atomic E-state index is -0.556. The maximum absolute atomic E-state index is 13.7. The molecule has 0 unspecified atom stereocenters. The quantitative estimate of drug-likeness (QED) is 0.0167. The molecule has 3 aliphatic rings. The van der Waals surface area contributed by atoms with Crippen LogP contribution >= 0.6 is 0 Å². The van der Waals surface area contributed by atoms with Crippen LogP contribution in [0.3, 0.4) is 0 Å². The standard InChI is InChI=1S/C31H32N2O3.C30H38N2O3.C26H30N2O3/c1-2-33-28-16-10-9-15-25(28)26-21-24(18-20-29(26)33)30(34)27(19-17-22-11-5-3-6-12-22)32-36-31(35)23-13-7-4-8-14-23;1-3-5-7-16-29(33)35-31-26(19-17-22-12-8-6-9-13-22)30(34)23-18-20-28-25(21-23)24-14-10-11-15-27(24)32(28)4-2;1-3-28-24-12-8-7-11-21(24)22-17-20(14-16-25(22)28)26(30)23(27-31-18(2)29)15-13-19-9-5-4-6-10-19/h4,7-10,13-16,18,20-22H,2-3,5-6,11-12,17,19H2,1H3;10-11,14-15,18,20-22H,3-9,12-13,16-17,19H2,1-2H3;7-8,11-12,14,16-17,19H,3-6,9-10,13,15H2,1-2H3/b32-27+;31-26+;27-23+. The molecule has 15 nitrogen and oxygen atoms in total. The summed E-state index contributed by atoms with van der Waals surface area (Å²) in [5.41, 5.74) is 9.98. The van der Waals surface area contributed by atoms with Crippen LogP contribution in [0.15, 0.2) is 173 Å². The number of para-hydroxylation sites is 3. The summed E-state index contributed by atoms with van der Waals surface area (Å²) in [4.78, 5) is 92.1. The molecule has 3 saturated carbocycles. The number of nitrogens with zero attached hydrogens (tertiary/aromatic N) is 6. The maximum Gasteiger partial charge on any atom is 0.365 e. The number of carbonyl (C=O) groups is 6. The van der Waals surface area contributed by atoms with Crippen LogP contribution in [-0.4, -0.2) is 66.1 Å². The number of Topliss-reactive ketones (excluding diaryl/α,β-unsaturated/α-hetero) is 3. The highest BCUT2D eigenvalue weighted by Crippen LogP contribution is 2.36. The highest BCUT2D eigenvalue weighted by atomic mass is 16.7. The van der Waals surface area contributed by atoms with Crippen LogP contribution < -0.4 is 0 Å². The van der Waals surface area contributed by atoms with Gasteiger partial charge in [-0.25, -0.2) is 14.4 Å². The second-order valence-electron chi connectivity index (χ2n) is 28.0. The van der Waals surface area contributed by atoms with Crippen molar-refractivity contribution < 1.29 is 43.3 Å². The molecule has 15 heteroatoms. The Bertz CT molecular complexity index is 4680. The molecule has 0 spiro atoms. The van der Waals surface area contributed by atoms with Crippen molar-refractivity contribution in [3.63, 3.8) is 0 Å². The summed E-state index contributed by atoms with van der Waals surface area (Å²) in [6.45, 7) is 12.4. The highest BCUT2D eigenvalue weighted by molar-refractivity contribution is 6.47. The van der Waals surface area contributed by atoms with Gasteiger partial charge in [0.15, 0.2) is 0 Å². The fraction of sp³-hybridized carbons (Fsp3) is 0.414. The van der Waals surface area contributed by atoms with Crippen LogP contribution in [0, 0.1) is 17.8 Å². The summed E-state index contributed by atoms with van der Waals surface area (Å²) >= 11 is 0. The summed E-state index contributed by atoms with van der Waals surface area (Å²) in [5, 5.41) is 18.8. The highest BCUT2D eigenvalue weighted by Gasteiger charge is 2.26. The maximum atomic E-state index is 13.7. The van der Waals surface area contributed by atoms with E-state index in [1.807, 2.05) is 97.1 Å². The first-order valence-corrected chi connectivity index (χ1v) is 37.9. The van der Waals surface area contributed by atoms with Gasteiger partial charge in [0.1, 0.15) is 17.1 Å². The van der Waals surface area contributed by atoms with Gasteiger partial charge in [-0.2, -0.15) is 0 Å². The molecule has 10 aromatic rings. The van der Waals surface area contributed by atoms with Gasteiger partial charge in [-0.15, -0.1) is 0 Å². The lowest BCUT2D eigenvalue weighted by molar-refractivity contribution is -0.144. The lowest BCUT2D eigenvalue weighted by Crippen LogP contribution is -2.18. The second kappa shape index (κ2) is 36.3. The third kappa shape index (κ3) is 18.2. The molecule has 13 rings (SSSR count). The third-order valence-corrected chi connectivity index (χ3v) is 21.2. The molecule has 3 aromatic heterocycles. The van der Waals surface area contributed by atoms with E-state index in [1.54, 1.807) is 24.3 Å². The molecule has 0 bridgehead atoms. The number of aromatic nitrogens is 3. The molecule has 3 aliphatic carbocycles. The zero-order valence-electron chi connectivity index (χ0n) is 60.4. The molecule has 0 amide bonds. The molecule has 102 heavy (non-hydrogen) atoms. The van der Waals surface area contributed by atoms with Gasteiger partial charge in [-0.1, -0.05) is 204 Å². The normalized spacial score (nSPS) is 15.1. The van der Waals surface area contributed by atoms with Crippen LogP contribution in [0.4, 0.5) is 0 Å². The summed E-state index contributed by atoms with van der Waals surface area (Å²) in [6, 6.07) is 51.1. The summed E-state index contributed by atoms with van der Waals surface area (Å²) in [5.74, 6) is -0.0772. The number of benzene rings is 7. The zero-order chi connectivity index (χ0) is 71.3. The Kier molecular flexibility index (Phi) is 26.2. The van der Waals surface area contributed by atoms with Gasteiger partial charge in [0, 0.05) is 115 Å². The van der Waals surface area contributed by atoms with Gasteiger partial charge in [0.25, 0.3) is 0 Å². The van der Waals surface area contributed by atoms with E-state index < -0.39 is 11.9 Å². The van der Waals surface area contributed by atoms with E-state index in [0.717, 1.165) is 118 Å². The summed E-state index contributed by atoms with van der Waals surface area (Å²) in [7, 11) is 0. The molecule has 7 aromatic carbocycles. The first-order valence-electron chi connectivity index (χ1n) is 37.9. The first-order chi connectivity index (χ1) is 49.8. The average molecular weight is 1370 g/mol. The van der Waals surface area contributed by atoms with Crippen molar-refractivity contribution in [3.8, 4) is 0 Å². The summed E-state index contributed by atoms with van der Waals surface area (Å²) in [6.07, 6.45) is 26.0. The van der Waals surface area contributed by atoms with Crippen LogP contribution in [0.5, 0.6) is 0 Å². The van der Waals surface area contributed by atoms with Gasteiger partial charge in [0.05, 0.1) is 5.56 Å². The number of carbonyl (C=O) groups excluding carboxylic acids is 6. The Morgan fingerprint density at radius 1 is 0.353 bits per heavy atom. The van der Waals surface area contributed by atoms with E-state index in [2.05, 4.69) is 93.3 Å². The van der Waals surface area contributed by atoms with E-state index >= 15 is 0 Å². The van der Waals surface area contributed by atoms with Crippen LogP contribution in [0.25, 0.3) is 65.4 Å². The number of fused-ring (bicyclic) bond motifs is 9. The summed E-state index contributed by atoms with van der Waals surface area (Å²) < 4.78 is 6.80. The molecule has 0 saturated heterocycles. The van der Waals surface area contributed by atoms with Crippen molar-refractivity contribution >= 4 is 118 Å². The van der Waals surface area contributed by atoms with Crippen molar-refractivity contribution in [2.24, 2.45) is 33.2 Å². The van der Waals surface area contributed by atoms with Gasteiger partial charge in [-0.05, 0) is 168 Å². The number of rotatable bonds is 26. The van der Waals surface area contributed by atoms with Crippen molar-refractivity contribution in [3.05, 3.63) is 180 Å². The minimum Gasteiger partial charge on any atom is -0.341 e. The molecule has 0 atom stereocenters. The molecule has 532 valence electrons. The Balaban J connectivity index is 0.000000154. The minimum absolute atomic E-state index is 0.141. The predicted molar refractivity (Wildman–Crippen MR) is 412 cm³/mol. The van der Waals surface area contributed by atoms with Gasteiger partial charge in [-0.3, -0.25) is 14.4 Å². The monoisotopic (exact) mass is 1370 g/mol. The SMILES string of the molecule is CCCCCC(=O)O/N=C(\CCC1CCCCC1)C(=O)c1ccc2c(c1)c1ccccc1n2CC.CCn1c2ccccc2c2cc(C(=O)/C(CCC3CCCCC3)=N/OC(=O)c3ccccc3)ccc21.CCn1c2ccccc2c2cc(C(=O)/C(CCC3CCCCC3)=N/OC(C)=O)ccc21. The Morgan fingerprint density at radius 3 is 1.04 bits per heavy atom. The lowest BCUT2D eigenvalue weighted by Gasteiger charge is -2.21. The molecule has 0 aliphatic heterocycles. The molecule has 0 radical (unpaired) electrons. The number of aryl methyl sites for hydroxylation is 3. The van der Waals surface area contributed by atoms with Crippen LogP contribution in [0.1, 0.15) is 237 Å². The second-order valence-corrected chi connectivity index (χ2v) is 28.0. The first kappa shape index (κ1) is 73.6. The molecular formula is C87H100N6O9. The van der Waals surface area contributed by atoms with Crippen LogP contribution in [0.2, 0.25) is 0 Å². The van der Waals surface area contributed by atoms with Crippen molar-refractivity contribution in [1.82, 2.24) is 13.7 Å². The van der Waals surface area contributed by atoms with E-state index in [9.17, 15) is 28.8 Å². The van der Waals surface area contributed by atoms with E-state index in [1.165, 1.54) is 109 Å². The third-order valence-electron chi connectivity index (χ3n) is 21.2. The Hall–Kier alpha value is -9.63. The zero-order valence-corrected chi connectivity index (χ0v) is 60.4. The van der Waals surface area contributed by atoms with E-state index in [-0.39, 0.29) is 23.3 Å². The Labute approximate surface area is 599 Å². The number of hydrogen-bond acceptors (Lipinski definition) is 12. The number of oxime groups is 3. The molecule has 0 N–H and O–H groups in total. The number of ketones is 3. The van der Waals surface area contributed by atoms with Gasteiger partial charge < -0.3 is 28.2 Å². The topological polar surface area (TPSA) is 182 Å². The molecular weight excluding hydrogens is 1270 g/mol. The van der Waals surface area contributed by atoms with E-state index in [0.29, 0.717) is 82.8 Å². The van der Waals surface area contributed by atoms with Crippen molar-refractivity contribution in [2.75, 3.05) is 0 Å². The average Bonchev–Trinajstić information content (AvgIpc) is 1.63. The number of hydrogen-bond donors (Lipinski definition) is 0. The lowest BCUT2D eigenvalue weighted by atomic mass is 9.85. The van der Waals surface area contributed by atoms with Crippen molar-refractivity contribution in [1.29, 1.82) is 0 Å². The van der Waals surface area contributed by atoms with Crippen LogP contribution in [-0.2, 0) is 43.7 Å². The largest absolute Gasteiger partial charge is 0.365 e. The van der Waals surface area contributed by atoms with Gasteiger partial charge >= 0.3 is 17.9 Å².